The lowest BCUT2D eigenvalue weighted by Crippen LogP contribution is -1.90. The van der Waals surface area contributed by atoms with E-state index in [-0.39, 0.29) is 0 Å². The predicted molar refractivity (Wildman–Crippen MR) is 63.1 cm³/mol. The number of hydrogen-bond acceptors (Lipinski definition) is 2. The number of para-hydroxylation sites is 1. The van der Waals surface area contributed by atoms with Crippen molar-refractivity contribution in [1.82, 2.24) is 0 Å². The summed E-state index contributed by atoms with van der Waals surface area (Å²) in [6.07, 6.45) is 0. The maximum atomic E-state index is 9.21. The van der Waals surface area contributed by atoms with Crippen LogP contribution in [0.15, 0.2) is 48.5 Å². The van der Waals surface area contributed by atoms with E-state index >= 15 is 0 Å². The van der Waals surface area contributed by atoms with E-state index in [1.54, 1.807) is 12.1 Å². The zero-order valence-electron chi connectivity index (χ0n) is 8.57. The number of rotatable bonds is 2. The molecule has 0 aliphatic heterocycles. The van der Waals surface area contributed by atoms with Gasteiger partial charge in [0.15, 0.2) is 0 Å². The molecule has 0 spiro atoms. The van der Waals surface area contributed by atoms with E-state index < -0.39 is 0 Å². The third kappa shape index (κ3) is 1.94. The average Bonchev–Trinajstić information content (AvgIpc) is 2.30. The van der Waals surface area contributed by atoms with E-state index in [9.17, 15) is 5.11 Å². The Morgan fingerprint density at radius 2 is 1.60 bits per heavy atom. The Kier molecular flexibility index (Phi) is 2.59. The molecule has 2 rings (SSSR count). The van der Waals surface area contributed by atoms with Gasteiger partial charge in [0.2, 0.25) is 0 Å². The molecule has 0 aliphatic rings. The monoisotopic (exact) mass is 199 g/mol. The highest BCUT2D eigenvalue weighted by Crippen LogP contribution is 2.28. The first kappa shape index (κ1) is 9.59. The summed E-state index contributed by atoms with van der Waals surface area (Å²) in [5, 5.41) is 12.4. The van der Waals surface area contributed by atoms with Crippen LogP contribution < -0.4 is 5.32 Å². The lowest BCUT2D eigenvalue weighted by Gasteiger charge is -2.08. The number of nitrogens with one attached hydrogen (secondary N) is 1. The molecule has 0 heterocycles. The van der Waals surface area contributed by atoms with Crippen molar-refractivity contribution in [1.29, 1.82) is 0 Å². The molecular weight excluding hydrogens is 186 g/mol. The predicted octanol–water partition coefficient (Wildman–Crippen LogP) is 3.10. The van der Waals surface area contributed by atoms with E-state index in [1.807, 2.05) is 37.4 Å². The van der Waals surface area contributed by atoms with Crippen LogP contribution in [0.3, 0.4) is 0 Å². The quantitative estimate of drug-likeness (QED) is 0.779. The second-order valence-corrected chi connectivity index (χ2v) is 3.34. The maximum Gasteiger partial charge on any atom is 0.115 e. The second kappa shape index (κ2) is 4.05. The Balaban J connectivity index is 2.49. The number of phenolic OH excluding ortho intramolecular Hbond substituents is 1. The molecule has 2 heteroatoms. The molecule has 0 saturated carbocycles. The second-order valence-electron chi connectivity index (χ2n) is 3.34. The van der Waals surface area contributed by atoms with E-state index in [0.29, 0.717) is 5.75 Å². The Morgan fingerprint density at radius 1 is 0.933 bits per heavy atom. The molecule has 2 aromatic carbocycles. The third-order valence-corrected chi connectivity index (χ3v) is 2.37. The van der Waals surface area contributed by atoms with Crippen molar-refractivity contribution in [3.63, 3.8) is 0 Å². The molecule has 0 radical (unpaired) electrons. The van der Waals surface area contributed by atoms with E-state index in [4.69, 9.17) is 0 Å². The topological polar surface area (TPSA) is 32.3 Å². The molecule has 0 atom stereocenters. The molecule has 0 fully saturated rings. The van der Waals surface area contributed by atoms with Gasteiger partial charge in [0.05, 0.1) is 0 Å². The normalized spacial score (nSPS) is 9.93. The minimum Gasteiger partial charge on any atom is -0.508 e. The fourth-order valence-corrected chi connectivity index (χ4v) is 1.59. The highest BCUT2D eigenvalue weighted by Gasteiger charge is 2.02. The van der Waals surface area contributed by atoms with Gasteiger partial charge in [-0.05, 0) is 23.8 Å². The van der Waals surface area contributed by atoms with Gasteiger partial charge in [-0.3, -0.25) is 0 Å². The molecule has 0 aromatic heterocycles. The number of aromatic hydroxyl groups is 1. The molecule has 2 nitrogen and oxygen atoms in total. The van der Waals surface area contributed by atoms with E-state index in [0.717, 1.165) is 16.8 Å². The SMILES string of the molecule is CNc1ccccc1-c1ccc(O)cc1. The highest BCUT2D eigenvalue weighted by molar-refractivity contribution is 5.77. The van der Waals surface area contributed by atoms with Crippen LogP contribution >= 0.6 is 0 Å². The smallest absolute Gasteiger partial charge is 0.115 e. The summed E-state index contributed by atoms with van der Waals surface area (Å²) in [4.78, 5) is 0. The van der Waals surface area contributed by atoms with Gasteiger partial charge < -0.3 is 10.4 Å². The molecule has 0 aliphatic carbocycles. The maximum absolute atomic E-state index is 9.21. The molecule has 2 aromatic rings. The number of anilines is 1. The summed E-state index contributed by atoms with van der Waals surface area (Å²) >= 11 is 0. The van der Waals surface area contributed by atoms with Crippen LogP contribution in [0, 0.1) is 0 Å². The fraction of sp³-hybridized carbons (Fsp3) is 0.0769. The van der Waals surface area contributed by atoms with E-state index in [2.05, 4.69) is 11.4 Å². The van der Waals surface area contributed by atoms with Gasteiger partial charge in [-0.25, -0.2) is 0 Å². The molecule has 0 amide bonds. The Morgan fingerprint density at radius 3 is 2.27 bits per heavy atom. The van der Waals surface area contributed by atoms with Gasteiger partial charge in [0.1, 0.15) is 5.75 Å². The van der Waals surface area contributed by atoms with Crippen molar-refractivity contribution >= 4 is 5.69 Å². The highest BCUT2D eigenvalue weighted by atomic mass is 16.3. The number of benzene rings is 2. The summed E-state index contributed by atoms with van der Waals surface area (Å²) in [6, 6.07) is 15.3. The molecule has 0 saturated heterocycles. The Hall–Kier alpha value is -1.96. The van der Waals surface area contributed by atoms with Crippen LogP contribution in [0.5, 0.6) is 5.75 Å². The molecular formula is C13H13NO. The standard InChI is InChI=1S/C13H13NO/c1-14-13-5-3-2-4-12(13)10-6-8-11(15)9-7-10/h2-9,14-15H,1H3. The van der Waals surface area contributed by atoms with Crippen LogP contribution in [0.4, 0.5) is 5.69 Å². The van der Waals surface area contributed by atoms with Crippen molar-refractivity contribution in [2.24, 2.45) is 0 Å². The zero-order chi connectivity index (χ0) is 10.7. The van der Waals surface area contributed by atoms with Crippen LogP contribution in [0.25, 0.3) is 11.1 Å². The molecule has 0 bridgehead atoms. The van der Waals surface area contributed by atoms with Crippen molar-refractivity contribution < 1.29 is 5.11 Å². The molecule has 2 N–H and O–H groups in total. The largest absolute Gasteiger partial charge is 0.508 e. The van der Waals surface area contributed by atoms with Gasteiger partial charge in [-0.15, -0.1) is 0 Å². The first-order valence-electron chi connectivity index (χ1n) is 4.87. The van der Waals surface area contributed by atoms with Crippen LogP contribution in [-0.4, -0.2) is 12.2 Å². The lowest BCUT2D eigenvalue weighted by atomic mass is 10.0. The minimum atomic E-state index is 0.292. The van der Waals surface area contributed by atoms with Gasteiger partial charge >= 0.3 is 0 Å². The first-order chi connectivity index (χ1) is 7.31. The summed E-state index contributed by atoms with van der Waals surface area (Å²) in [5.41, 5.74) is 3.32. The zero-order valence-corrected chi connectivity index (χ0v) is 8.57. The first-order valence-corrected chi connectivity index (χ1v) is 4.87. The minimum absolute atomic E-state index is 0.292. The summed E-state index contributed by atoms with van der Waals surface area (Å²) in [7, 11) is 1.90. The lowest BCUT2D eigenvalue weighted by molar-refractivity contribution is 0.475. The number of phenols is 1. The van der Waals surface area contributed by atoms with Crippen LogP contribution in [0.1, 0.15) is 0 Å². The average molecular weight is 199 g/mol. The Bertz CT molecular complexity index is 448. The van der Waals surface area contributed by atoms with Crippen molar-refractivity contribution in [2.45, 2.75) is 0 Å². The molecule has 15 heavy (non-hydrogen) atoms. The number of hydrogen-bond donors (Lipinski definition) is 2. The van der Waals surface area contributed by atoms with Gasteiger partial charge in [-0.1, -0.05) is 30.3 Å². The summed E-state index contributed by atoms with van der Waals surface area (Å²) < 4.78 is 0. The van der Waals surface area contributed by atoms with Crippen molar-refractivity contribution in [3.8, 4) is 16.9 Å². The van der Waals surface area contributed by atoms with Crippen molar-refractivity contribution in [3.05, 3.63) is 48.5 Å². The van der Waals surface area contributed by atoms with Gasteiger partial charge in [-0.2, -0.15) is 0 Å². The summed E-state index contributed by atoms with van der Waals surface area (Å²) in [6.45, 7) is 0. The molecule has 0 unspecified atom stereocenters. The third-order valence-electron chi connectivity index (χ3n) is 2.37. The van der Waals surface area contributed by atoms with E-state index in [1.165, 1.54) is 0 Å². The van der Waals surface area contributed by atoms with Crippen molar-refractivity contribution in [2.75, 3.05) is 12.4 Å². The van der Waals surface area contributed by atoms with Crippen LogP contribution in [0.2, 0.25) is 0 Å². The fourth-order valence-electron chi connectivity index (χ4n) is 1.59. The Labute approximate surface area is 89.2 Å². The molecule has 76 valence electrons. The van der Waals surface area contributed by atoms with Gasteiger partial charge in [0, 0.05) is 18.3 Å². The summed E-state index contributed by atoms with van der Waals surface area (Å²) in [5.74, 6) is 0.292. The van der Waals surface area contributed by atoms with Gasteiger partial charge in [0.25, 0.3) is 0 Å². The van der Waals surface area contributed by atoms with Crippen LogP contribution in [-0.2, 0) is 0 Å².